The number of benzene rings is 1. The summed E-state index contributed by atoms with van der Waals surface area (Å²) in [5, 5.41) is 12.7. The smallest absolute Gasteiger partial charge is 0.377 e. The van der Waals surface area contributed by atoms with E-state index in [-0.39, 0.29) is 5.41 Å². The second-order valence-electron chi connectivity index (χ2n) is 6.99. The Morgan fingerprint density at radius 3 is 2.91 bits per heavy atom. The molecule has 116 valence electrons. The molecule has 1 saturated carbocycles. The summed E-state index contributed by atoms with van der Waals surface area (Å²) in [7, 11) is 0. The minimum Gasteiger partial charge on any atom is -0.475 e. The molecule has 0 unspecified atom stereocenters. The lowest BCUT2D eigenvalue weighted by atomic mass is 9.52. The number of hydrogen-bond acceptors (Lipinski definition) is 3. The Bertz CT molecular complexity index is 650. The van der Waals surface area contributed by atoms with E-state index in [1.165, 1.54) is 31.2 Å². The summed E-state index contributed by atoms with van der Waals surface area (Å²) in [5.41, 5.74) is 2.82. The van der Waals surface area contributed by atoms with E-state index < -0.39 is 11.8 Å². The van der Waals surface area contributed by atoms with Gasteiger partial charge in [0, 0.05) is 17.0 Å². The zero-order chi connectivity index (χ0) is 15.3. The van der Waals surface area contributed by atoms with Gasteiger partial charge in [-0.15, -0.1) is 0 Å². The van der Waals surface area contributed by atoms with Gasteiger partial charge in [-0.3, -0.25) is 4.79 Å². The number of Topliss-reactive ketones (excluding diaryl/α,β-unsaturated/α-hetero) is 1. The molecular weight excluding hydrogens is 278 g/mol. The normalized spacial score (nSPS) is 32.7. The number of piperidine rings is 1. The fraction of sp³-hybridized carbons (Fsp3) is 0.556. The molecule has 2 N–H and O–H groups in total. The van der Waals surface area contributed by atoms with Crippen molar-refractivity contribution in [2.75, 3.05) is 6.54 Å². The third-order valence-electron chi connectivity index (χ3n) is 6.14. The molecule has 3 aliphatic rings. The lowest BCUT2D eigenvalue weighted by molar-refractivity contribution is -0.131. The Hall–Kier alpha value is -1.68. The van der Waals surface area contributed by atoms with Crippen molar-refractivity contribution in [1.29, 1.82) is 0 Å². The summed E-state index contributed by atoms with van der Waals surface area (Å²) < 4.78 is 0. The molecule has 3 atom stereocenters. The summed E-state index contributed by atoms with van der Waals surface area (Å²) in [6.07, 6.45) is 6.83. The summed E-state index contributed by atoms with van der Waals surface area (Å²) in [6.45, 7) is 1.03. The predicted octanol–water partition coefficient (Wildman–Crippen LogP) is 2.30. The van der Waals surface area contributed by atoms with Crippen molar-refractivity contribution in [3.8, 4) is 0 Å². The molecule has 0 aromatic heterocycles. The first-order valence-electron chi connectivity index (χ1n) is 8.27. The van der Waals surface area contributed by atoms with Crippen molar-refractivity contribution in [2.45, 2.75) is 50.0 Å². The van der Waals surface area contributed by atoms with Crippen LogP contribution < -0.4 is 5.32 Å². The van der Waals surface area contributed by atoms with Crippen molar-refractivity contribution >= 4 is 11.8 Å². The maximum atomic E-state index is 12.1. The van der Waals surface area contributed by atoms with Gasteiger partial charge in [0.25, 0.3) is 5.78 Å². The van der Waals surface area contributed by atoms with Crippen LogP contribution in [-0.2, 0) is 16.6 Å². The second-order valence-corrected chi connectivity index (χ2v) is 6.99. The van der Waals surface area contributed by atoms with E-state index in [2.05, 4.69) is 11.4 Å². The molecule has 1 saturated heterocycles. The number of carboxylic acids is 1. The summed E-state index contributed by atoms with van der Waals surface area (Å²) in [6, 6.07) is 6.10. The average Bonchev–Trinajstić information content (AvgIpc) is 2.53. The fourth-order valence-corrected chi connectivity index (χ4v) is 5.29. The van der Waals surface area contributed by atoms with Gasteiger partial charge in [0.05, 0.1) is 0 Å². The van der Waals surface area contributed by atoms with Gasteiger partial charge in [0.1, 0.15) is 0 Å². The van der Waals surface area contributed by atoms with E-state index in [0.717, 1.165) is 24.9 Å². The van der Waals surface area contributed by atoms with Crippen LogP contribution in [0.2, 0.25) is 0 Å². The van der Waals surface area contributed by atoms with Crippen LogP contribution in [0.25, 0.3) is 0 Å². The molecule has 0 amide bonds. The zero-order valence-electron chi connectivity index (χ0n) is 12.6. The van der Waals surface area contributed by atoms with Crippen molar-refractivity contribution < 1.29 is 14.7 Å². The highest BCUT2D eigenvalue weighted by molar-refractivity contribution is 6.40. The molecule has 0 spiro atoms. The van der Waals surface area contributed by atoms with Crippen molar-refractivity contribution in [3.63, 3.8) is 0 Å². The number of carbonyl (C=O) groups is 2. The topological polar surface area (TPSA) is 66.4 Å². The first-order chi connectivity index (χ1) is 10.6. The summed E-state index contributed by atoms with van der Waals surface area (Å²) in [5.74, 6) is -1.48. The molecule has 1 aromatic rings. The lowest BCUT2D eigenvalue weighted by Gasteiger charge is -2.56. The van der Waals surface area contributed by atoms with E-state index in [1.54, 1.807) is 6.07 Å². The number of nitrogens with one attached hydrogen (secondary N) is 1. The highest BCUT2D eigenvalue weighted by atomic mass is 16.4. The Morgan fingerprint density at radius 1 is 1.23 bits per heavy atom. The SMILES string of the molecule is O=C(O)C(=O)c1cccc2c1C[C@H]1NCC[C@@]23CCCC[C@@H]13. The maximum Gasteiger partial charge on any atom is 0.377 e. The Kier molecular flexibility index (Phi) is 3.12. The molecule has 1 heterocycles. The minimum atomic E-state index is -1.35. The minimum absolute atomic E-state index is 0.163. The van der Waals surface area contributed by atoms with E-state index in [9.17, 15) is 9.59 Å². The number of ketones is 1. The van der Waals surface area contributed by atoms with Gasteiger partial charge in [-0.2, -0.15) is 0 Å². The molecule has 22 heavy (non-hydrogen) atoms. The van der Waals surface area contributed by atoms with Crippen LogP contribution in [0.5, 0.6) is 0 Å². The Balaban J connectivity index is 1.90. The maximum absolute atomic E-state index is 12.1. The zero-order valence-corrected chi connectivity index (χ0v) is 12.6. The number of aliphatic carboxylic acids is 1. The average molecular weight is 299 g/mol. The van der Waals surface area contributed by atoms with Crippen LogP contribution in [0, 0.1) is 5.92 Å². The van der Waals surface area contributed by atoms with Gasteiger partial charge >= 0.3 is 5.97 Å². The highest BCUT2D eigenvalue weighted by Gasteiger charge is 2.52. The lowest BCUT2D eigenvalue weighted by Crippen LogP contribution is -2.59. The quantitative estimate of drug-likeness (QED) is 0.649. The Morgan fingerprint density at radius 2 is 2.09 bits per heavy atom. The third kappa shape index (κ3) is 1.80. The predicted molar refractivity (Wildman–Crippen MR) is 82.2 cm³/mol. The first kappa shape index (κ1) is 13.9. The number of carbonyl (C=O) groups excluding carboxylic acids is 1. The second kappa shape index (κ2) is 4.92. The summed E-state index contributed by atoms with van der Waals surface area (Å²) >= 11 is 0. The Labute approximate surface area is 129 Å². The molecule has 4 rings (SSSR count). The fourth-order valence-electron chi connectivity index (χ4n) is 5.29. The van der Waals surface area contributed by atoms with Crippen LogP contribution >= 0.6 is 0 Å². The molecule has 2 fully saturated rings. The van der Waals surface area contributed by atoms with Gasteiger partial charge < -0.3 is 10.4 Å². The van der Waals surface area contributed by atoms with Crippen molar-refractivity contribution in [1.82, 2.24) is 5.32 Å². The highest BCUT2D eigenvalue weighted by Crippen LogP contribution is 2.54. The molecule has 1 aliphatic heterocycles. The first-order valence-corrected chi connectivity index (χ1v) is 8.27. The monoisotopic (exact) mass is 299 g/mol. The number of carboxylic acid groups (broad SMARTS) is 1. The van der Waals surface area contributed by atoms with Gasteiger partial charge in [-0.1, -0.05) is 31.0 Å². The standard InChI is InChI=1S/C18H21NO3/c20-16(17(21)22)11-4-3-6-13-12(11)10-15-14-5-1-2-7-18(13,14)8-9-19-15/h3-4,6,14-15,19H,1-2,5,7-10H2,(H,21,22)/t14-,15+,18-/m0/s1. The van der Waals surface area contributed by atoms with Crippen LogP contribution in [0.1, 0.15) is 53.6 Å². The number of hydrogen-bond donors (Lipinski definition) is 2. The van der Waals surface area contributed by atoms with Gasteiger partial charge in [-0.05, 0) is 49.3 Å². The molecule has 2 bridgehead atoms. The van der Waals surface area contributed by atoms with E-state index >= 15 is 0 Å². The summed E-state index contributed by atoms with van der Waals surface area (Å²) in [4.78, 5) is 23.2. The number of fused-ring (bicyclic) bond motifs is 1. The van der Waals surface area contributed by atoms with E-state index in [1.807, 2.05) is 6.07 Å². The van der Waals surface area contributed by atoms with E-state index in [0.29, 0.717) is 17.5 Å². The van der Waals surface area contributed by atoms with Crippen LogP contribution in [0.4, 0.5) is 0 Å². The van der Waals surface area contributed by atoms with Crippen LogP contribution in [0.3, 0.4) is 0 Å². The van der Waals surface area contributed by atoms with Crippen molar-refractivity contribution in [2.24, 2.45) is 5.92 Å². The molecule has 4 heteroatoms. The molecule has 4 nitrogen and oxygen atoms in total. The van der Waals surface area contributed by atoms with E-state index in [4.69, 9.17) is 5.11 Å². The van der Waals surface area contributed by atoms with Crippen LogP contribution in [-0.4, -0.2) is 29.4 Å². The molecule has 1 aromatic carbocycles. The van der Waals surface area contributed by atoms with Crippen molar-refractivity contribution in [3.05, 3.63) is 34.9 Å². The molecular formula is C18H21NO3. The number of rotatable bonds is 2. The molecule has 2 aliphatic carbocycles. The third-order valence-corrected chi connectivity index (χ3v) is 6.14. The van der Waals surface area contributed by atoms with Crippen LogP contribution in [0.15, 0.2) is 18.2 Å². The largest absolute Gasteiger partial charge is 0.475 e. The molecule has 0 radical (unpaired) electrons. The van der Waals surface area contributed by atoms with Gasteiger partial charge in [0.15, 0.2) is 0 Å². The van der Waals surface area contributed by atoms with Gasteiger partial charge in [0.2, 0.25) is 0 Å². The van der Waals surface area contributed by atoms with Gasteiger partial charge in [-0.25, -0.2) is 4.79 Å².